The fourth-order valence-electron chi connectivity index (χ4n) is 2.92. The molecule has 2 aromatic heterocycles. The van der Waals surface area contributed by atoms with Gasteiger partial charge in [0.05, 0.1) is 11.6 Å². The summed E-state index contributed by atoms with van der Waals surface area (Å²) in [5, 5.41) is 8.82. The van der Waals surface area contributed by atoms with Gasteiger partial charge in [-0.05, 0) is 25.2 Å². The minimum atomic E-state index is -0.0912. The Hall–Kier alpha value is -1.69. The Labute approximate surface area is 137 Å². The topological polar surface area (TPSA) is 64.9 Å². The molecular weight excluding hydrogens is 290 g/mol. The average molecular weight is 317 g/mol. The molecular formula is C17H27N5O. The summed E-state index contributed by atoms with van der Waals surface area (Å²) in [6.07, 6.45) is 5.39. The number of nitrogens with zero attached hydrogens (tertiary/aromatic N) is 4. The summed E-state index contributed by atoms with van der Waals surface area (Å²) in [5.41, 5.74) is 0.792. The van der Waals surface area contributed by atoms with Gasteiger partial charge in [-0.25, -0.2) is 9.97 Å². The van der Waals surface area contributed by atoms with E-state index in [2.05, 4.69) is 31.2 Å². The minimum absolute atomic E-state index is 0.0912. The Kier molecular flexibility index (Phi) is 4.53. The molecule has 1 atom stereocenters. The number of rotatable bonds is 4. The number of aryl methyl sites for hydroxylation is 1. The van der Waals surface area contributed by atoms with Gasteiger partial charge in [0.25, 0.3) is 0 Å². The monoisotopic (exact) mass is 317 g/mol. The lowest BCUT2D eigenvalue weighted by molar-refractivity contribution is 0.0530. The molecule has 0 aliphatic carbocycles. The second-order valence-electron chi connectivity index (χ2n) is 7.45. The summed E-state index contributed by atoms with van der Waals surface area (Å²) >= 11 is 0. The average Bonchev–Trinajstić information content (AvgIpc) is 2.89. The first-order chi connectivity index (χ1) is 10.9. The summed E-state index contributed by atoms with van der Waals surface area (Å²) in [6, 6.07) is 0. The summed E-state index contributed by atoms with van der Waals surface area (Å²) in [7, 11) is 1.92. The fraction of sp³-hybridized carbons (Fsp3) is 0.706. The SMILES string of the molecule is Cn1ncc2c(NCC[C@H]3CCCOC3)nc(C(C)(C)C)nc21. The molecule has 0 radical (unpaired) electrons. The van der Waals surface area contributed by atoms with Crippen LogP contribution in [0.15, 0.2) is 6.20 Å². The first kappa shape index (κ1) is 16.2. The molecule has 6 heteroatoms. The second-order valence-corrected chi connectivity index (χ2v) is 7.45. The molecule has 126 valence electrons. The van der Waals surface area contributed by atoms with E-state index in [0.717, 1.165) is 48.9 Å². The standard InChI is InChI=1S/C17H27N5O/c1-17(2,3)16-20-14(13-10-19-22(4)15(13)21-16)18-8-7-12-6-5-9-23-11-12/h10,12H,5-9,11H2,1-4H3,(H,18,20,21)/t12-/m1/s1. The Morgan fingerprint density at radius 3 is 2.87 bits per heavy atom. The third kappa shape index (κ3) is 3.63. The molecule has 1 fully saturated rings. The van der Waals surface area contributed by atoms with Crippen molar-refractivity contribution in [3.63, 3.8) is 0 Å². The lowest BCUT2D eigenvalue weighted by atomic mass is 9.95. The number of aromatic nitrogens is 4. The van der Waals surface area contributed by atoms with Crippen LogP contribution in [0.1, 0.15) is 45.9 Å². The Bertz CT molecular complexity index is 667. The van der Waals surface area contributed by atoms with Crippen molar-refractivity contribution >= 4 is 16.9 Å². The predicted molar refractivity (Wildman–Crippen MR) is 91.7 cm³/mol. The van der Waals surface area contributed by atoms with E-state index in [4.69, 9.17) is 14.7 Å². The summed E-state index contributed by atoms with van der Waals surface area (Å²) in [6.45, 7) is 9.11. The van der Waals surface area contributed by atoms with E-state index in [9.17, 15) is 0 Å². The lowest BCUT2D eigenvalue weighted by Gasteiger charge is -2.22. The van der Waals surface area contributed by atoms with Crippen LogP contribution in [0.5, 0.6) is 0 Å². The van der Waals surface area contributed by atoms with Gasteiger partial charge >= 0.3 is 0 Å². The van der Waals surface area contributed by atoms with Crippen LogP contribution in [0, 0.1) is 5.92 Å². The second kappa shape index (κ2) is 6.43. The van der Waals surface area contributed by atoms with Crippen LogP contribution < -0.4 is 5.32 Å². The summed E-state index contributed by atoms with van der Waals surface area (Å²) in [5.74, 6) is 2.39. The molecule has 1 N–H and O–H groups in total. The molecule has 0 aromatic carbocycles. The first-order valence-corrected chi connectivity index (χ1v) is 8.47. The molecule has 0 bridgehead atoms. The molecule has 0 spiro atoms. The van der Waals surface area contributed by atoms with Crippen molar-refractivity contribution in [1.82, 2.24) is 19.7 Å². The summed E-state index contributed by atoms with van der Waals surface area (Å²) in [4.78, 5) is 9.46. The van der Waals surface area contributed by atoms with Crippen molar-refractivity contribution in [2.24, 2.45) is 13.0 Å². The largest absolute Gasteiger partial charge is 0.381 e. The molecule has 0 amide bonds. The predicted octanol–water partition coefficient (Wildman–Crippen LogP) is 2.89. The fourth-order valence-corrected chi connectivity index (χ4v) is 2.92. The van der Waals surface area contributed by atoms with Crippen molar-refractivity contribution < 1.29 is 4.74 Å². The van der Waals surface area contributed by atoms with Crippen LogP contribution >= 0.6 is 0 Å². The lowest BCUT2D eigenvalue weighted by Crippen LogP contribution is -2.21. The zero-order valence-corrected chi connectivity index (χ0v) is 14.6. The van der Waals surface area contributed by atoms with Crippen molar-refractivity contribution in [2.45, 2.75) is 45.4 Å². The first-order valence-electron chi connectivity index (χ1n) is 8.47. The highest BCUT2D eigenvalue weighted by molar-refractivity contribution is 5.86. The molecule has 6 nitrogen and oxygen atoms in total. The minimum Gasteiger partial charge on any atom is -0.381 e. The number of hydrogen-bond donors (Lipinski definition) is 1. The smallest absolute Gasteiger partial charge is 0.163 e. The molecule has 1 saturated heterocycles. The van der Waals surface area contributed by atoms with Gasteiger partial charge in [0.15, 0.2) is 5.65 Å². The number of nitrogens with one attached hydrogen (secondary N) is 1. The highest BCUT2D eigenvalue weighted by atomic mass is 16.5. The highest BCUT2D eigenvalue weighted by Crippen LogP contribution is 2.26. The van der Waals surface area contributed by atoms with Crippen LogP contribution in [-0.4, -0.2) is 39.5 Å². The summed E-state index contributed by atoms with van der Waals surface area (Å²) < 4.78 is 7.37. The normalized spacial score (nSPS) is 19.2. The zero-order chi connectivity index (χ0) is 16.4. The van der Waals surface area contributed by atoms with Gasteiger partial charge < -0.3 is 10.1 Å². The van der Waals surface area contributed by atoms with Crippen LogP contribution in [-0.2, 0) is 17.2 Å². The van der Waals surface area contributed by atoms with Crippen LogP contribution in [0.25, 0.3) is 11.0 Å². The van der Waals surface area contributed by atoms with Gasteiger partial charge in [0.1, 0.15) is 11.6 Å². The van der Waals surface area contributed by atoms with Crippen LogP contribution in [0.4, 0.5) is 5.82 Å². The number of hydrogen-bond acceptors (Lipinski definition) is 5. The highest BCUT2D eigenvalue weighted by Gasteiger charge is 2.21. The number of fused-ring (bicyclic) bond motifs is 1. The van der Waals surface area contributed by atoms with Crippen molar-refractivity contribution in [2.75, 3.05) is 25.1 Å². The maximum Gasteiger partial charge on any atom is 0.163 e. The molecule has 23 heavy (non-hydrogen) atoms. The molecule has 3 heterocycles. The van der Waals surface area contributed by atoms with E-state index >= 15 is 0 Å². The number of anilines is 1. The third-order valence-corrected chi connectivity index (χ3v) is 4.36. The maximum atomic E-state index is 5.56. The van der Waals surface area contributed by atoms with Gasteiger partial charge in [-0.2, -0.15) is 5.10 Å². The van der Waals surface area contributed by atoms with E-state index < -0.39 is 0 Å². The van der Waals surface area contributed by atoms with Crippen molar-refractivity contribution in [3.8, 4) is 0 Å². The van der Waals surface area contributed by atoms with Crippen molar-refractivity contribution in [1.29, 1.82) is 0 Å². The molecule has 3 rings (SSSR count). The Morgan fingerprint density at radius 1 is 1.35 bits per heavy atom. The third-order valence-electron chi connectivity index (χ3n) is 4.36. The van der Waals surface area contributed by atoms with Gasteiger partial charge in [-0.3, -0.25) is 4.68 Å². The van der Waals surface area contributed by atoms with E-state index in [0.29, 0.717) is 5.92 Å². The van der Waals surface area contributed by atoms with E-state index in [1.807, 2.05) is 17.9 Å². The molecule has 0 saturated carbocycles. The number of ether oxygens (including phenoxy) is 1. The van der Waals surface area contributed by atoms with E-state index in [-0.39, 0.29) is 5.41 Å². The van der Waals surface area contributed by atoms with E-state index in [1.165, 1.54) is 12.8 Å². The Morgan fingerprint density at radius 2 is 2.17 bits per heavy atom. The van der Waals surface area contributed by atoms with Crippen LogP contribution in [0.3, 0.4) is 0 Å². The van der Waals surface area contributed by atoms with Gasteiger partial charge in [-0.1, -0.05) is 20.8 Å². The van der Waals surface area contributed by atoms with Gasteiger partial charge in [0.2, 0.25) is 0 Å². The zero-order valence-electron chi connectivity index (χ0n) is 14.6. The Balaban J connectivity index is 1.78. The molecule has 1 aliphatic rings. The molecule has 2 aromatic rings. The quantitative estimate of drug-likeness (QED) is 0.939. The van der Waals surface area contributed by atoms with Crippen molar-refractivity contribution in [3.05, 3.63) is 12.0 Å². The maximum absolute atomic E-state index is 5.56. The van der Waals surface area contributed by atoms with E-state index in [1.54, 1.807) is 0 Å². The van der Waals surface area contributed by atoms with Gasteiger partial charge in [0, 0.05) is 32.2 Å². The van der Waals surface area contributed by atoms with Gasteiger partial charge in [-0.15, -0.1) is 0 Å². The van der Waals surface area contributed by atoms with Crippen LogP contribution in [0.2, 0.25) is 0 Å². The molecule has 0 unspecified atom stereocenters. The molecule has 1 aliphatic heterocycles.